The summed E-state index contributed by atoms with van der Waals surface area (Å²) in [5.74, 6) is 0.275. The van der Waals surface area contributed by atoms with E-state index in [0.29, 0.717) is 5.92 Å². The molecule has 0 saturated heterocycles. The molecule has 0 fully saturated rings. The van der Waals surface area contributed by atoms with Gasteiger partial charge in [0, 0.05) is 10.9 Å². The molecule has 0 aliphatic heterocycles. The van der Waals surface area contributed by atoms with Crippen LogP contribution in [-0.4, -0.2) is 9.91 Å². The van der Waals surface area contributed by atoms with Crippen LogP contribution in [0.15, 0.2) is 35.8 Å². The standard InChI is InChI=1S/C13H15N3O2S/c1-9(2)13(11-4-3-7-19-11)15-10-5-6-12(14-8-10)16(17)18/h3-9,13,15H,1-2H3. The van der Waals surface area contributed by atoms with Gasteiger partial charge >= 0.3 is 5.82 Å². The average molecular weight is 277 g/mol. The first-order chi connectivity index (χ1) is 9.08. The Hall–Kier alpha value is -1.95. The minimum absolute atomic E-state index is 0.136. The van der Waals surface area contributed by atoms with Gasteiger partial charge in [0.15, 0.2) is 6.20 Å². The van der Waals surface area contributed by atoms with E-state index in [9.17, 15) is 10.1 Å². The van der Waals surface area contributed by atoms with Gasteiger partial charge in [0.1, 0.15) is 0 Å². The molecule has 0 bridgehead atoms. The molecule has 2 aromatic heterocycles. The molecule has 0 aliphatic carbocycles. The molecule has 0 aliphatic rings. The minimum Gasteiger partial charge on any atom is -0.374 e. The maximum Gasteiger partial charge on any atom is 0.363 e. The summed E-state index contributed by atoms with van der Waals surface area (Å²) in [7, 11) is 0. The van der Waals surface area contributed by atoms with Crippen molar-refractivity contribution in [3.63, 3.8) is 0 Å². The van der Waals surface area contributed by atoms with E-state index < -0.39 is 4.92 Å². The number of hydrogen-bond donors (Lipinski definition) is 1. The van der Waals surface area contributed by atoms with E-state index in [4.69, 9.17) is 0 Å². The third kappa shape index (κ3) is 3.29. The van der Waals surface area contributed by atoms with Crippen LogP contribution in [0.4, 0.5) is 11.5 Å². The lowest BCUT2D eigenvalue weighted by Gasteiger charge is -2.21. The smallest absolute Gasteiger partial charge is 0.363 e. The zero-order valence-corrected chi connectivity index (χ0v) is 11.6. The first-order valence-corrected chi connectivity index (χ1v) is 6.86. The van der Waals surface area contributed by atoms with Gasteiger partial charge in [-0.05, 0) is 33.3 Å². The van der Waals surface area contributed by atoms with Gasteiger partial charge < -0.3 is 15.4 Å². The number of nitrogens with zero attached hydrogens (tertiary/aromatic N) is 2. The number of nitro groups is 1. The Labute approximate surface area is 115 Å². The van der Waals surface area contributed by atoms with Crippen molar-refractivity contribution in [3.05, 3.63) is 50.8 Å². The van der Waals surface area contributed by atoms with Crippen LogP contribution >= 0.6 is 11.3 Å². The Kier molecular flexibility index (Phi) is 4.11. The van der Waals surface area contributed by atoms with Gasteiger partial charge in [-0.2, -0.15) is 0 Å². The highest BCUT2D eigenvalue weighted by Gasteiger charge is 2.17. The van der Waals surface area contributed by atoms with E-state index in [-0.39, 0.29) is 11.9 Å². The number of nitrogens with one attached hydrogen (secondary N) is 1. The highest BCUT2D eigenvalue weighted by atomic mass is 32.1. The molecule has 1 N–H and O–H groups in total. The highest BCUT2D eigenvalue weighted by Crippen LogP contribution is 2.29. The van der Waals surface area contributed by atoms with Gasteiger partial charge in [0.25, 0.3) is 0 Å². The summed E-state index contributed by atoms with van der Waals surface area (Å²) in [5, 5.41) is 16.0. The molecule has 0 aromatic carbocycles. The van der Waals surface area contributed by atoms with Crippen LogP contribution in [0.2, 0.25) is 0 Å². The maximum atomic E-state index is 10.6. The molecule has 2 rings (SSSR count). The molecule has 1 unspecified atom stereocenters. The lowest BCUT2D eigenvalue weighted by molar-refractivity contribution is -0.389. The summed E-state index contributed by atoms with van der Waals surface area (Å²) in [5.41, 5.74) is 0.790. The van der Waals surface area contributed by atoms with Crippen molar-refractivity contribution in [1.82, 2.24) is 4.98 Å². The van der Waals surface area contributed by atoms with Gasteiger partial charge in [-0.3, -0.25) is 0 Å². The highest BCUT2D eigenvalue weighted by molar-refractivity contribution is 7.10. The van der Waals surface area contributed by atoms with Crippen LogP contribution in [0.3, 0.4) is 0 Å². The van der Waals surface area contributed by atoms with Gasteiger partial charge in [-0.1, -0.05) is 19.9 Å². The van der Waals surface area contributed by atoms with E-state index in [1.807, 2.05) is 11.4 Å². The molecule has 0 radical (unpaired) electrons. The van der Waals surface area contributed by atoms with Crippen LogP contribution in [-0.2, 0) is 0 Å². The Morgan fingerprint density at radius 1 is 1.37 bits per heavy atom. The second kappa shape index (κ2) is 5.79. The third-order valence-corrected chi connectivity index (χ3v) is 3.73. The summed E-state index contributed by atoms with van der Waals surface area (Å²) in [6.07, 6.45) is 1.50. The number of pyridine rings is 1. The molecule has 0 amide bonds. The molecular formula is C13H15N3O2S. The summed E-state index contributed by atoms with van der Waals surface area (Å²) in [6.45, 7) is 4.27. The fourth-order valence-corrected chi connectivity index (χ4v) is 2.74. The first kappa shape index (κ1) is 13.5. The largest absolute Gasteiger partial charge is 0.374 e. The van der Waals surface area contributed by atoms with Crippen molar-refractivity contribution in [1.29, 1.82) is 0 Å². The number of thiophene rings is 1. The zero-order valence-electron chi connectivity index (χ0n) is 10.7. The fourth-order valence-electron chi connectivity index (χ4n) is 1.79. The molecule has 100 valence electrons. The molecule has 0 spiro atoms. The molecule has 6 heteroatoms. The van der Waals surface area contributed by atoms with Gasteiger partial charge in [0.05, 0.1) is 11.7 Å². The van der Waals surface area contributed by atoms with Crippen LogP contribution in [0.5, 0.6) is 0 Å². The van der Waals surface area contributed by atoms with Crippen molar-refractivity contribution < 1.29 is 4.92 Å². The number of anilines is 1. The summed E-state index contributed by atoms with van der Waals surface area (Å²) >= 11 is 1.70. The monoisotopic (exact) mass is 277 g/mol. The molecule has 0 saturated carbocycles. The van der Waals surface area contributed by atoms with Gasteiger partial charge in [-0.15, -0.1) is 11.3 Å². The minimum atomic E-state index is -0.497. The SMILES string of the molecule is CC(C)C(Nc1ccc([N+](=O)[O-])nc1)c1cccs1. The van der Waals surface area contributed by atoms with Gasteiger partial charge in [-0.25, -0.2) is 0 Å². The van der Waals surface area contributed by atoms with E-state index in [1.54, 1.807) is 17.4 Å². The normalized spacial score (nSPS) is 12.4. The number of hydrogen-bond acceptors (Lipinski definition) is 5. The quantitative estimate of drug-likeness (QED) is 0.665. The molecular weight excluding hydrogens is 262 g/mol. The number of rotatable bonds is 5. The van der Waals surface area contributed by atoms with Crippen molar-refractivity contribution in [2.24, 2.45) is 5.92 Å². The van der Waals surface area contributed by atoms with Crippen molar-refractivity contribution in [3.8, 4) is 0 Å². The third-order valence-electron chi connectivity index (χ3n) is 2.77. The van der Waals surface area contributed by atoms with Gasteiger partial charge in [0.2, 0.25) is 0 Å². The van der Waals surface area contributed by atoms with Crippen LogP contribution in [0.25, 0.3) is 0 Å². The van der Waals surface area contributed by atoms with Crippen LogP contribution < -0.4 is 5.32 Å². The Morgan fingerprint density at radius 2 is 2.16 bits per heavy atom. The summed E-state index contributed by atoms with van der Waals surface area (Å²) < 4.78 is 0. The second-order valence-corrected chi connectivity index (χ2v) is 5.52. The number of aromatic nitrogens is 1. The van der Waals surface area contributed by atoms with E-state index in [2.05, 4.69) is 30.2 Å². The zero-order chi connectivity index (χ0) is 13.8. The Morgan fingerprint density at radius 3 is 2.63 bits per heavy atom. The molecule has 1 atom stereocenters. The topological polar surface area (TPSA) is 68.1 Å². The Bertz CT molecular complexity index is 538. The van der Waals surface area contributed by atoms with Crippen molar-refractivity contribution in [2.45, 2.75) is 19.9 Å². The second-order valence-electron chi connectivity index (χ2n) is 4.54. The lowest BCUT2D eigenvalue weighted by Crippen LogP contribution is -2.15. The average Bonchev–Trinajstić information content (AvgIpc) is 2.89. The summed E-state index contributed by atoms with van der Waals surface area (Å²) in [4.78, 5) is 15.1. The van der Waals surface area contributed by atoms with E-state index >= 15 is 0 Å². The Balaban J connectivity index is 2.16. The van der Waals surface area contributed by atoms with E-state index in [1.165, 1.54) is 17.1 Å². The van der Waals surface area contributed by atoms with Crippen LogP contribution in [0.1, 0.15) is 24.8 Å². The lowest BCUT2D eigenvalue weighted by atomic mass is 10.0. The van der Waals surface area contributed by atoms with Crippen molar-refractivity contribution >= 4 is 22.8 Å². The molecule has 2 aromatic rings. The maximum absolute atomic E-state index is 10.6. The van der Waals surface area contributed by atoms with Crippen molar-refractivity contribution in [2.75, 3.05) is 5.32 Å². The molecule has 5 nitrogen and oxygen atoms in total. The predicted octanol–water partition coefficient (Wildman–Crippen LogP) is 3.86. The first-order valence-electron chi connectivity index (χ1n) is 5.98. The van der Waals surface area contributed by atoms with Crippen LogP contribution in [0, 0.1) is 16.0 Å². The fraction of sp³-hybridized carbons (Fsp3) is 0.308. The molecule has 2 heterocycles. The molecule has 19 heavy (non-hydrogen) atoms. The van der Waals surface area contributed by atoms with E-state index in [0.717, 1.165) is 5.69 Å². The summed E-state index contributed by atoms with van der Waals surface area (Å²) in [6, 6.07) is 7.39. The predicted molar refractivity (Wildman–Crippen MR) is 76.4 cm³/mol.